The number of hydrogen-bond donors (Lipinski definition) is 2. The molecule has 3 N–H and O–H groups in total. The Hall–Kier alpha value is -2.41. The molecule has 0 spiro atoms. The molecule has 0 aliphatic heterocycles. The van der Waals surface area contributed by atoms with Gasteiger partial charge in [0.1, 0.15) is 5.60 Å². The number of alkyl carbamates (subject to hydrolysis) is 1. The van der Waals surface area contributed by atoms with E-state index in [0.29, 0.717) is 31.1 Å². The SMILES string of the molecule is CC(C)(C)OC(=O)NCCC(N)c1nc(Cc2ccccc2)no1. The molecule has 1 amide bonds. The largest absolute Gasteiger partial charge is 0.444 e. The van der Waals surface area contributed by atoms with Gasteiger partial charge in [0.25, 0.3) is 0 Å². The van der Waals surface area contributed by atoms with E-state index in [9.17, 15) is 4.79 Å². The molecule has 7 nitrogen and oxygen atoms in total. The molecule has 0 saturated carbocycles. The molecule has 0 aliphatic carbocycles. The zero-order valence-electron chi connectivity index (χ0n) is 14.3. The number of amides is 1. The van der Waals surface area contributed by atoms with Gasteiger partial charge in [-0.3, -0.25) is 0 Å². The standard InChI is InChI=1S/C17H24N4O3/c1-17(2,3)23-16(22)19-10-9-13(18)15-20-14(21-24-15)11-12-7-5-4-6-8-12/h4-8,13H,9-11,18H2,1-3H3,(H,19,22). The zero-order chi connectivity index (χ0) is 17.6. The number of rotatable bonds is 6. The Morgan fingerprint density at radius 3 is 2.71 bits per heavy atom. The highest BCUT2D eigenvalue weighted by Crippen LogP contribution is 2.13. The maximum atomic E-state index is 11.6. The molecule has 130 valence electrons. The van der Waals surface area contributed by atoms with E-state index in [2.05, 4.69) is 15.5 Å². The van der Waals surface area contributed by atoms with Crippen LogP contribution in [0.2, 0.25) is 0 Å². The molecule has 0 bridgehead atoms. The van der Waals surface area contributed by atoms with Crippen molar-refractivity contribution in [2.24, 2.45) is 5.73 Å². The van der Waals surface area contributed by atoms with Crippen LogP contribution in [-0.2, 0) is 11.2 Å². The predicted molar refractivity (Wildman–Crippen MR) is 89.3 cm³/mol. The lowest BCUT2D eigenvalue weighted by molar-refractivity contribution is 0.0526. The van der Waals surface area contributed by atoms with Crippen molar-refractivity contribution in [1.29, 1.82) is 0 Å². The summed E-state index contributed by atoms with van der Waals surface area (Å²) >= 11 is 0. The van der Waals surface area contributed by atoms with Crippen LogP contribution in [0.3, 0.4) is 0 Å². The van der Waals surface area contributed by atoms with Gasteiger partial charge >= 0.3 is 6.09 Å². The van der Waals surface area contributed by atoms with Crippen molar-refractivity contribution in [2.45, 2.75) is 45.3 Å². The number of nitrogens with zero attached hydrogens (tertiary/aromatic N) is 2. The summed E-state index contributed by atoms with van der Waals surface area (Å²) < 4.78 is 10.4. The third-order valence-electron chi connectivity index (χ3n) is 3.13. The molecule has 24 heavy (non-hydrogen) atoms. The Labute approximate surface area is 141 Å². The summed E-state index contributed by atoms with van der Waals surface area (Å²) in [5, 5.41) is 6.60. The fraction of sp³-hybridized carbons (Fsp3) is 0.471. The van der Waals surface area contributed by atoms with E-state index in [-0.39, 0.29) is 0 Å². The quantitative estimate of drug-likeness (QED) is 0.842. The van der Waals surface area contributed by atoms with E-state index in [4.69, 9.17) is 15.0 Å². The molecular formula is C17H24N4O3. The summed E-state index contributed by atoms with van der Waals surface area (Å²) in [6, 6.07) is 9.45. The van der Waals surface area contributed by atoms with Gasteiger partial charge in [0.2, 0.25) is 5.89 Å². The van der Waals surface area contributed by atoms with E-state index in [1.807, 2.05) is 51.1 Å². The second kappa shape index (κ2) is 7.92. The van der Waals surface area contributed by atoms with E-state index < -0.39 is 17.7 Å². The highest BCUT2D eigenvalue weighted by molar-refractivity contribution is 5.67. The molecule has 2 rings (SSSR count). The zero-order valence-corrected chi connectivity index (χ0v) is 14.3. The van der Waals surface area contributed by atoms with Gasteiger partial charge in [-0.15, -0.1) is 0 Å². The lowest BCUT2D eigenvalue weighted by atomic mass is 10.1. The third-order valence-corrected chi connectivity index (χ3v) is 3.13. The van der Waals surface area contributed by atoms with Crippen molar-refractivity contribution in [2.75, 3.05) is 6.54 Å². The normalized spacial score (nSPS) is 12.7. The summed E-state index contributed by atoms with van der Waals surface area (Å²) in [4.78, 5) is 15.9. The average Bonchev–Trinajstić information content (AvgIpc) is 2.95. The van der Waals surface area contributed by atoms with Crippen molar-refractivity contribution < 1.29 is 14.1 Å². The van der Waals surface area contributed by atoms with Gasteiger partial charge < -0.3 is 20.3 Å². The Kier molecular flexibility index (Phi) is 5.92. The lowest BCUT2D eigenvalue weighted by Gasteiger charge is -2.19. The number of nitrogens with one attached hydrogen (secondary N) is 1. The second-order valence-corrected chi connectivity index (χ2v) is 6.54. The third kappa shape index (κ3) is 6.00. The Morgan fingerprint density at radius 2 is 2.04 bits per heavy atom. The summed E-state index contributed by atoms with van der Waals surface area (Å²) in [5.41, 5.74) is 6.61. The molecule has 7 heteroatoms. The van der Waals surface area contributed by atoms with Crippen LogP contribution in [-0.4, -0.2) is 28.4 Å². The van der Waals surface area contributed by atoms with Gasteiger partial charge in [-0.1, -0.05) is 35.5 Å². The molecular weight excluding hydrogens is 308 g/mol. The van der Waals surface area contributed by atoms with E-state index in [1.54, 1.807) is 0 Å². The van der Waals surface area contributed by atoms with Crippen molar-refractivity contribution in [3.8, 4) is 0 Å². The van der Waals surface area contributed by atoms with Gasteiger partial charge in [0, 0.05) is 13.0 Å². The maximum Gasteiger partial charge on any atom is 0.407 e. The van der Waals surface area contributed by atoms with Gasteiger partial charge in [-0.2, -0.15) is 4.98 Å². The van der Waals surface area contributed by atoms with E-state index in [0.717, 1.165) is 5.56 Å². The van der Waals surface area contributed by atoms with Crippen LogP contribution in [0.25, 0.3) is 0 Å². The Bertz CT molecular complexity index is 649. The number of carbonyl (C=O) groups excluding carboxylic acids is 1. The average molecular weight is 332 g/mol. The van der Waals surface area contributed by atoms with Gasteiger partial charge in [0.05, 0.1) is 6.04 Å². The lowest BCUT2D eigenvalue weighted by Crippen LogP contribution is -2.34. The van der Waals surface area contributed by atoms with E-state index in [1.165, 1.54) is 0 Å². The number of benzene rings is 1. The highest BCUT2D eigenvalue weighted by Gasteiger charge is 2.18. The smallest absolute Gasteiger partial charge is 0.407 e. The second-order valence-electron chi connectivity index (χ2n) is 6.54. The van der Waals surface area contributed by atoms with Crippen molar-refractivity contribution in [3.63, 3.8) is 0 Å². The number of aromatic nitrogens is 2. The summed E-state index contributed by atoms with van der Waals surface area (Å²) in [6.07, 6.45) is 0.601. The van der Waals surface area contributed by atoms with E-state index >= 15 is 0 Å². The summed E-state index contributed by atoms with van der Waals surface area (Å²) in [5.74, 6) is 0.957. The maximum absolute atomic E-state index is 11.6. The first kappa shape index (κ1) is 17.9. The van der Waals surface area contributed by atoms with Crippen LogP contribution in [0.1, 0.15) is 50.5 Å². The van der Waals surface area contributed by atoms with Crippen LogP contribution < -0.4 is 11.1 Å². The number of nitrogens with two attached hydrogens (primary N) is 1. The van der Waals surface area contributed by atoms with Crippen molar-refractivity contribution in [1.82, 2.24) is 15.5 Å². The molecule has 0 saturated heterocycles. The number of ether oxygens (including phenoxy) is 1. The van der Waals surface area contributed by atoms with Crippen molar-refractivity contribution in [3.05, 3.63) is 47.6 Å². The Balaban J connectivity index is 1.79. The minimum absolute atomic E-state index is 0.368. The van der Waals surface area contributed by atoms with Crippen molar-refractivity contribution >= 4 is 6.09 Å². The molecule has 1 heterocycles. The summed E-state index contributed by atoms with van der Waals surface area (Å²) in [7, 11) is 0. The number of carbonyl (C=O) groups is 1. The first-order valence-electron chi connectivity index (χ1n) is 7.92. The van der Waals surface area contributed by atoms with Crippen LogP contribution in [0, 0.1) is 0 Å². The molecule has 2 aromatic rings. The van der Waals surface area contributed by atoms with Gasteiger partial charge in [-0.05, 0) is 32.8 Å². The molecule has 0 radical (unpaired) electrons. The minimum Gasteiger partial charge on any atom is -0.444 e. The molecule has 1 unspecified atom stereocenters. The first-order valence-corrected chi connectivity index (χ1v) is 7.92. The first-order chi connectivity index (χ1) is 11.3. The molecule has 1 aromatic carbocycles. The summed E-state index contributed by atoms with van der Waals surface area (Å²) in [6.45, 7) is 5.80. The topological polar surface area (TPSA) is 103 Å². The minimum atomic E-state index is -0.523. The fourth-order valence-electron chi connectivity index (χ4n) is 2.04. The molecule has 1 aromatic heterocycles. The van der Waals surface area contributed by atoms with Crippen LogP contribution in [0.15, 0.2) is 34.9 Å². The molecule has 1 atom stereocenters. The highest BCUT2D eigenvalue weighted by atomic mass is 16.6. The monoisotopic (exact) mass is 332 g/mol. The van der Waals surface area contributed by atoms with Crippen LogP contribution in [0.5, 0.6) is 0 Å². The molecule has 0 fully saturated rings. The number of hydrogen-bond acceptors (Lipinski definition) is 6. The molecule has 0 aliphatic rings. The predicted octanol–water partition coefficient (Wildman–Crippen LogP) is 2.58. The van der Waals surface area contributed by atoms with Crippen LogP contribution in [0.4, 0.5) is 4.79 Å². The fourth-order valence-corrected chi connectivity index (χ4v) is 2.04. The Morgan fingerprint density at radius 1 is 1.33 bits per heavy atom. The van der Waals surface area contributed by atoms with Gasteiger partial charge in [0.15, 0.2) is 5.82 Å². The van der Waals surface area contributed by atoms with Gasteiger partial charge in [-0.25, -0.2) is 4.79 Å². The van der Waals surface area contributed by atoms with Crippen LogP contribution >= 0.6 is 0 Å².